The molecule has 220 valence electrons. The summed E-state index contributed by atoms with van der Waals surface area (Å²) in [7, 11) is -3.11. The Kier molecular flexibility index (Phi) is 7.22. The molecule has 2 aliphatic rings. The summed E-state index contributed by atoms with van der Waals surface area (Å²) in [5.74, 6) is -2.37. The fraction of sp³-hybridized carbons (Fsp3) is 0.300. The zero-order valence-corrected chi connectivity index (χ0v) is 24.3. The Labute approximate surface area is 243 Å². The number of hydrogen-bond acceptors (Lipinski definition) is 6. The second-order valence-electron chi connectivity index (χ2n) is 11.3. The summed E-state index contributed by atoms with van der Waals surface area (Å²) in [5.41, 5.74) is 0.860. The van der Waals surface area contributed by atoms with Crippen LogP contribution >= 0.6 is 0 Å². The third-order valence-electron chi connectivity index (χ3n) is 7.42. The van der Waals surface area contributed by atoms with Crippen LogP contribution in [-0.2, 0) is 16.4 Å². The molecule has 0 spiro atoms. The molecular formula is C30H30FN3O7S. The summed E-state index contributed by atoms with van der Waals surface area (Å²) >= 11 is 0. The molecule has 0 saturated carbocycles. The molecule has 0 fully saturated rings. The van der Waals surface area contributed by atoms with Gasteiger partial charge in [0.05, 0.1) is 28.8 Å². The van der Waals surface area contributed by atoms with E-state index in [1.54, 1.807) is 57.2 Å². The van der Waals surface area contributed by atoms with Crippen molar-refractivity contribution in [2.45, 2.75) is 37.6 Å². The summed E-state index contributed by atoms with van der Waals surface area (Å²) in [6.45, 7) is 5.01. The van der Waals surface area contributed by atoms with Gasteiger partial charge in [0.1, 0.15) is 0 Å². The quantitative estimate of drug-likeness (QED) is 0.407. The van der Waals surface area contributed by atoms with Gasteiger partial charge in [-0.15, -0.1) is 0 Å². The molecule has 12 heteroatoms. The number of nitrogens with zero attached hydrogens (tertiary/aromatic N) is 3. The maximum atomic E-state index is 14.2. The Hall–Kier alpha value is -4.45. The van der Waals surface area contributed by atoms with E-state index in [-0.39, 0.29) is 35.1 Å². The molecule has 0 saturated heterocycles. The summed E-state index contributed by atoms with van der Waals surface area (Å²) in [6.07, 6.45) is -0.885. The number of sulfonamides is 1. The average molecular weight is 596 g/mol. The van der Waals surface area contributed by atoms with Crippen molar-refractivity contribution in [3.05, 3.63) is 83.2 Å². The second kappa shape index (κ2) is 10.4. The van der Waals surface area contributed by atoms with Gasteiger partial charge in [-0.05, 0) is 75.1 Å². The van der Waals surface area contributed by atoms with E-state index in [0.29, 0.717) is 23.1 Å². The van der Waals surface area contributed by atoms with Gasteiger partial charge in [0.25, 0.3) is 21.8 Å². The number of anilines is 2. The number of amides is 3. The van der Waals surface area contributed by atoms with E-state index in [1.807, 2.05) is 0 Å². The van der Waals surface area contributed by atoms with Gasteiger partial charge in [0, 0.05) is 30.4 Å². The minimum absolute atomic E-state index is 0.0322. The van der Waals surface area contributed by atoms with Crippen molar-refractivity contribution in [3.8, 4) is 5.75 Å². The first-order valence-electron chi connectivity index (χ1n) is 13.2. The van der Waals surface area contributed by atoms with Crippen molar-refractivity contribution in [1.29, 1.82) is 0 Å². The summed E-state index contributed by atoms with van der Waals surface area (Å²) < 4.78 is 48.5. The Balaban J connectivity index is 1.58. The first-order chi connectivity index (χ1) is 19.7. The van der Waals surface area contributed by atoms with Crippen molar-refractivity contribution in [3.63, 3.8) is 0 Å². The molecule has 10 nitrogen and oxygen atoms in total. The highest BCUT2D eigenvalue weighted by molar-refractivity contribution is 7.92. The largest absolute Gasteiger partial charge is 0.494 e. The van der Waals surface area contributed by atoms with Gasteiger partial charge in [-0.2, -0.15) is 0 Å². The minimum Gasteiger partial charge on any atom is -0.494 e. The molecule has 5 rings (SSSR count). The number of carboxylic acid groups (broad SMARTS) is 1. The molecule has 1 N–H and O–H groups in total. The SMILES string of the molecule is COc1cc(S(=O)(=O)N2C[C@H](CN3C(=O)c4ccccc4C3=O)Cc3ccc(N(C(=O)O)C(C)(C)C)cc32)ccc1F. The van der Waals surface area contributed by atoms with Gasteiger partial charge in [-0.1, -0.05) is 18.2 Å². The molecule has 3 amide bonds. The van der Waals surface area contributed by atoms with Crippen LogP contribution < -0.4 is 13.9 Å². The topological polar surface area (TPSA) is 125 Å². The molecule has 1 atom stereocenters. The van der Waals surface area contributed by atoms with Gasteiger partial charge < -0.3 is 9.84 Å². The molecule has 2 aliphatic heterocycles. The van der Waals surface area contributed by atoms with Crippen LogP contribution in [0.1, 0.15) is 47.1 Å². The van der Waals surface area contributed by atoms with Gasteiger partial charge in [0.15, 0.2) is 11.6 Å². The van der Waals surface area contributed by atoms with Gasteiger partial charge in [-0.3, -0.25) is 23.7 Å². The zero-order valence-electron chi connectivity index (χ0n) is 23.5. The number of halogens is 1. The molecule has 0 bridgehead atoms. The lowest BCUT2D eigenvalue weighted by atomic mass is 9.92. The van der Waals surface area contributed by atoms with Crippen LogP contribution in [0.3, 0.4) is 0 Å². The fourth-order valence-corrected chi connectivity index (χ4v) is 7.12. The van der Waals surface area contributed by atoms with Crippen LogP contribution in [0.2, 0.25) is 0 Å². The predicted molar refractivity (Wildman–Crippen MR) is 153 cm³/mol. The Morgan fingerprint density at radius 2 is 1.69 bits per heavy atom. The second-order valence-corrected chi connectivity index (χ2v) is 13.1. The van der Waals surface area contributed by atoms with Crippen molar-refractivity contribution in [2.75, 3.05) is 29.4 Å². The molecule has 3 aromatic rings. The maximum absolute atomic E-state index is 14.2. The third-order valence-corrected chi connectivity index (χ3v) is 9.20. The first-order valence-corrected chi connectivity index (χ1v) is 14.7. The van der Waals surface area contributed by atoms with Gasteiger partial charge in [0.2, 0.25) is 0 Å². The number of carbonyl (C=O) groups excluding carboxylic acids is 2. The minimum atomic E-state index is -4.34. The lowest BCUT2D eigenvalue weighted by Gasteiger charge is -2.38. The summed E-state index contributed by atoms with van der Waals surface area (Å²) in [6, 6.07) is 14.5. The molecule has 0 aromatic heterocycles. The van der Waals surface area contributed by atoms with E-state index in [1.165, 1.54) is 13.2 Å². The van der Waals surface area contributed by atoms with Crippen molar-refractivity contribution >= 4 is 39.3 Å². The number of benzene rings is 3. The van der Waals surface area contributed by atoms with E-state index in [0.717, 1.165) is 32.3 Å². The van der Waals surface area contributed by atoms with Gasteiger partial charge in [-0.25, -0.2) is 17.6 Å². The molecule has 0 unspecified atom stereocenters. The van der Waals surface area contributed by atoms with E-state index in [9.17, 15) is 32.3 Å². The predicted octanol–water partition coefficient (Wildman–Crippen LogP) is 4.78. The first kappa shape index (κ1) is 29.1. The molecule has 42 heavy (non-hydrogen) atoms. The maximum Gasteiger partial charge on any atom is 0.412 e. The van der Waals surface area contributed by atoms with Crippen molar-refractivity contribution < 1.29 is 37.0 Å². The Bertz CT molecular complexity index is 1680. The number of carbonyl (C=O) groups is 3. The summed E-state index contributed by atoms with van der Waals surface area (Å²) in [5, 5.41) is 9.95. The molecule has 0 aliphatic carbocycles. The lowest BCUT2D eigenvalue weighted by molar-refractivity contribution is 0.0629. The molecule has 2 heterocycles. The highest BCUT2D eigenvalue weighted by Gasteiger charge is 2.40. The average Bonchev–Trinajstić information content (AvgIpc) is 3.16. The van der Waals surface area contributed by atoms with E-state index in [4.69, 9.17) is 4.74 Å². The van der Waals surface area contributed by atoms with Crippen LogP contribution in [0.25, 0.3) is 0 Å². The monoisotopic (exact) mass is 595 g/mol. The number of hydrogen-bond donors (Lipinski definition) is 1. The van der Waals surface area contributed by atoms with Crippen LogP contribution in [0.15, 0.2) is 65.6 Å². The Morgan fingerprint density at radius 3 is 2.26 bits per heavy atom. The normalized spacial score (nSPS) is 16.7. The third kappa shape index (κ3) is 4.95. The van der Waals surface area contributed by atoms with Crippen molar-refractivity contribution in [2.24, 2.45) is 5.92 Å². The molecule has 3 aromatic carbocycles. The van der Waals surface area contributed by atoms with Crippen LogP contribution in [-0.4, -0.2) is 62.1 Å². The van der Waals surface area contributed by atoms with Crippen molar-refractivity contribution in [1.82, 2.24) is 4.90 Å². The number of ether oxygens (including phenoxy) is 1. The zero-order chi connectivity index (χ0) is 30.6. The summed E-state index contributed by atoms with van der Waals surface area (Å²) in [4.78, 5) is 40.4. The highest BCUT2D eigenvalue weighted by Crippen LogP contribution is 2.39. The van der Waals surface area contributed by atoms with E-state index < -0.39 is 45.2 Å². The van der Waals surface area contributed by atoms with Crippen LogP contribution in [0, 0.1) is 11.7 Å². The van der Waals surface area contributed by atoms with Gasteiger partial charge >= 0.3 is 6.09 Å². The number of rotatable bonds is 6. The Morgan fingerprint density at radius 1 is 1.05 bits per heavy atom. The van der Waals surface area contributed by atoms with E-state index >= 15 is 0 Å². The van der Waals surface area contributed by atoms with Crippen LogP contribution in [0.4, 0.5) is 20.6 Å². The van der Waals surface area contributed by atoms with Crippen LogP contribution in [0.5, 0.6) is 5.75 Å². The fourth-order valence-electron chi connectivity index (χ4n) is 5.53. The number of fused-ring (bicyclic) bond motifs is 2. The highest BCUT2D eigenvalue weighted by atomic mass is 32.2. The van der Waals surface area contributed by atoms with E-state index in [2.05, 4.69) is 0 Å². The number of imide groups is 1. The standard InChI is InChI=1S/C30H30FN3O7S/c1-30(2,3)34(29(37)38)20-10-9-19-13-18(16-32-27(35)22-7-5-6-8-23(22)28(32)36)17-33(25(19)14-20)42(39,40)21-11-12-24(31)26(15-21)41-4/h5-12,14-15,18H,13,16-17H2,1-4H3,(H,37,38)/t18-/m0/s1. The molecule has 0 radical (unpaired) electrons. The smallest absolute Gasteiger partial charge is 0.412 e. The number of methoxy groups -OCH3 is 1. The molecular weight excluding hydrogens is 565 g/mol. The lowest BCUT2D eigenvalue weighted by Crippen LogP contribution is -2.46.